The maximum atomic E-state index is 11.2. The first-order chi connectivity index (χ1) is 6.29. The highest BCUT2D eigenvalue weighted by Gasteiger charge is 2.32. The third-order valence-corrected chi connectivity index (χ3v) is 2.76. The van der Waals surface area contributed by atoms with E-state index in [1.54, 1.807) is 6.08 Å². The second-order valence-electron chi connectivity index (χ2n) is 3.69. The van der Waals surface area contributed by atoms with Gasteiger partial charge in [-0.05, 0) is 25.7 Å². The van der Waals surface area contributed by atoms with Crippen LogP contribution in [-0.4, -0.2) is 30.6 Å². The van der Waals surface area contributed by atoms with E-state index in [4.69, 9.17) is 4.74 Å². The molecule has 0 aromatic carbocycles. The maximum absolute atomic E-state index is 11.2. The molecule has 0 amide bonds. The molecule has 0 N–H and O–H groups in total. The molecule has 2 rings (SSSR count). The zero-order chi connectivity index (χ0) is 9.26. The molecule has 72 valence electrons. The molecule has 3 nitrogen and oxygen atoms in total. The standard InChI is InChI=1S/C10H15NO2/c1-2-13-10(12)6-9-5-8-3-4-11(9)7-8/h6,8H,2-5,7H2,1H3. The third kappa shape index (κ3) is 1.69. The molecule has 0 spiro atoms. The normalized spacial score (nSPS) is 28.5. The predicted octanol–water partition coefficient (Wildman–Crippen LogP) is 1.16. The zero-order valence-electron chi connectivity index (χ0n) is 7.95. The number of carbonyl (C=O) groups excluding carboxylic acids is 1. The van der Waals surface area contributed by atoms with Gasteiger partial charge in [0.15, 0.2) is 0 Å². The van der Waals surface area contributed by atoms with Gasteiger partial charge in [-0.15, -0.1) is 0 Å². The number of hydrogen-bond donors (Lipinski definition) is 0. The lowest BCUT2D eigenvalue weighted by Crippen LogP contribution is -2.16. The number of piperidine rings is 1. The lowest BCUT2D eigenvalue weighted by molar-refractivity contribution is -0.137. The van der Waals surface area contributed by atoms with Crippen LogP contribution in [0.1, 0.15) is 19.8 Å². The minimum Gasteiger partial charge on any atom is -0.463 e. The number of esters is 1. The molecule has 0 aliphatic carbocycles. The number of ether oxygens (including phenoxy) is 1. The molecular weight excluding hydrogens is 166 g/mol. The summed E-state index contributed by atoms with van der Waals surface area (Å²) in [7, 11) is 0. The van der Waals surface area contributed by atoms with E-state index >= 15 is 0 Å². The molecule has 0 aromatic rings. The largest absolute Gasteiger partial charge is 0.463 e. The first kappa shape index (κ1) is 8.60. The van der Waals surface area contributed by atoms with Gasteiger partial charge in [0.25, 0.3) is 0 Å². The van der Waals surface area contributed by atoms with E-state index in [1.807, 2.05) is 6.92 Å². The Morgan fingerprint density at radius 3 is 3.15 bits per heavy atom. The fourth-order valence-corrected chi connectivity index (χ4v) is 2.16. The fourth-order valence-electron chi connectivity index (χ4n) is 2.16. The molecule has 2 bridgehead atoms. The number of rotatable bonds is 2. The van der Waals surface area contributed by atoms with Crippen LogP contribution in [0.2, 0.25) is 0 Å². The molecule has 2 fully saturated rings. The second-order valence-corrected chi connectivity index (χ2v) is 3.69. The summed E-state index contributed by atoms with van der Waals surface area (Å²) >= 11 is 0. The number of allylic oxidation sites excluding steroid dienone is 1. The Bertz CT molecular complexity index is 247. The molecule has 2 heterocycles. The minimum absolute atomic E-state index is 0.190. The van der Waals surface area contributed by atoms with Crippen LogP contribution in [0, 0.1) is 5.92 Å². The summed E-state index contributed by atoms with van der Waals surface area (Å²) in [6.07, 6.45) is 4.02. The van der Waals surface area contributed by atoms with Crippen molar-refractivity contribution in [1.29, 1.82) is 0 Å². The quantitative estimate of drug-likeness (QED) is 0.473. The lowest BCUT2D eigenvalue weighted by Gasteiger charge is -2.17. The number of carbonyl (C=O) groups is 1. The third-order valence-electron chi connectivity index (χ3n) is 2.76. The molecule has 13 heavy (non-hydrogen) atoms. The van der Waals surface area contributed by atoms with E-state index in [0.717, 1.165) is 25.4 Å². The van der Waals surface area contributed by atoms with Crippen molar-refractivity contribution in [3.63, 3.8) is 0 Å². The SMILES string of the molecule is CCOC(=O)C=C1CC2CCN1C2. The molecular formula is C10H15NO2. The van der Waals surface area contributed by atoms with Gasteiger partial charge in [-0.3, -0.25) is 0 Å². The van der Waals surface area contributed by atoms with E-state index in [0.29, 0.717) is 6.61 Å². The average Bonchev–Trinajstić information content (AvgIpc) is 2.65. The van der Waals surface area contributed by atoms with E-state index < -0.39 is 0 Å². The summed E-state index contributed by atoms with van der Waals surface area (Å²) in [5.74, 6) is 0.603. The van der Waals surface area contributed by atoms with E-state index in [9.17, 15) is 4.79 Å². The number of hydrogen-bond acceptors (Lipinski definition) is 3. The Morgan fingerprint density at radius 2 is 2.62 bits per heavy atom. The van der Waals surface area contributed by atoms with Gasteiger partial charge in [-0.1, -0.05) is 0 Å². The van der Waals surface area contributed by atoms with Crippen molar-refractivity contribution in [2.24, 2.45) is 5.92 Å². The average molecular weight is 181 g/mol. The fraction of sp³-hybridized carbons (Fsp3) is 0.700. The van der Waals surface area contributed by atoms with Crippen LogP contribution in [0.5, 0.6) is 0 Å². The van der Waals surface area contributed by atoms with Gasteiger partial charge in [0.05, 0.1) is 6.61 Å². The van der Waals surface area contributed by atoms with Crippen LogP contribution >= 0.6 is 0 Å². The minimum atomic E-state index is -0.190. The Morgan fingerprint density at radius 1 is 1.77 bits per heavy atom. The monoisotopic (exact) mass is 181 g/mol. The van der Waals surface area contributed by atoms with Crippen LogP contribution in [-0.2, 0) is 9.53 Å². The van der Waals surface area contributed by atoms with Gasteiger partial charge >= 0.3 is 5.97 Å². The van der Waals surface area contributed by atoms with E-state index in [2.05, 4.69) is 4.90 Å². The summed E-state index contributed by atoms with van der Waals surface area (Å²) in [6, 6.07) is 0. The summed E-state index contributed by atoms with van der Waals surface area (Å²) in [4.78, 5) is 13.4. The van der Waals surface area contributed by atoms with Crippen LogP contribution in [0.15, 0.2) is 11.8 Å². The maximum Gasteiger partial charge on any atom is 0.332 e. The number of fused-ring (bicyclic) bond motifs is 2. The summed E-state index contributed by atoms with van der Waals surface area (Å²) < 4.78 is 4.87. The highest BCUT2D eigenvalue weighted by Crippen LogP contribution is 2.35. The van der Waals surface area contributed by atoms with Crippen molar-refractivity contribution in [1.82, 2.24) is 4.90 Å². The molecule has 1 atom stereocenters. The molecule has 0 aromatic heterocycles. The van der Waals surface area contributed by atoms with E-state index in [1.165, 1.54) is 12.1 Å². The summed E-state index contributed by atoms with van der Waals surface area (Å²) in [5, 5.41) is 0. The van der Waals surface area contributed by atoms with Crippen LogP contribution < -0.4 is 0 Å². The Kier molecular flexibility index (Phi) is 2.25. The molecule has 1 unspecified atom stereocenters. The van der Waals surface area contributed by atoms with Gasteiger partial charge in [-0.2, -0.15) is 0 Å². The summed E-state index contributed by atoms with van der Waals surface area (Å²) in [6.45, 7) is 4.56. The first-order valence-corrected chi connectivity index (χ1v) is 4.92. The number of nitrogens with zero attached hydrogens (tertiary/aromatic N) is 1. The Hall–Kier alpha value is -0.990. The Labute approximate surface area is 78.4 Å². The van der Waals surface area contributed by atoms with Crippen molar-refractivity contribution in [3.05, 3.63) is 11.8 Å². The lowest BCUT2D eigenvalue weighted by atomic mass is 10.0. The second kappa shape index (κ2) is 3.40. The molecule has 3 heteroatoms. The van der Waals surface area contributed by atoms with Crippen molar-refractivity contribution < 1.29 is 9.53 Å². The van der Waals surface area contributed by atoms with Gasteiger partial charge in [0.2, 0.25) is 0 Å². The van der Waals surface area contributed by atoms with Gasteiger partial charge < -0.3 is 9.64 Å². The predicted molar refractivity (Wildman–Crippen MR) is 49.0 cm³/mol. The molecule has 2 saturated heterocycles. The van der Waals surface area contributed by atoms with Crippen LogP contribution in [0.4, 0.5) is 0 Å². The molecule has 2 aliphatic heterocycles. The molecule has 0 saturated carbocycles. The van der Waals surface area contributed by atoms with Crippen molar-refractivity contribution in [3.8, 4) is 0 Å². The molecule has 0 radical (unpaired) electrons. The van der Waals surface area contributed by atoms with Gasteiger partial charge in [0.1, 0.15) is 0 Å². The highest BCUT2D eigenvalue weighted by atomic mass is 16.5. The smallest absolute Gasteiger partial charge is 0.332 e. The van der Waals surface area contributed by atoms with Crippen molar-refractivity contribution in [2.45, 2.75) is 19.8 Å². The van der Waals surface area contributed by atoms with Crippen molar-refractivity contribution in [2.75, 3.05) is 19.7 Å². The van der Waals surface area contributed by atoms with Gasteiger partial charge in [-0.25, -0.2) is 4.79 Å². The topological polar surface area (TPSA) is 29.5 Å². The van der Waals surface area contributed by atoms with Crippen LogP contribution in [0.25, 0.3) is 0 Å². The van der Waals surface area contributed by atoms with Crippen LogP contribution in [0.3, 0.4) is 0 Å². The summed E-state index contributed by atoms with van der Waals surface area (Å²) in [5.41, 5.74) is 1.18. The zero-order valence-corrected chi connectivity index (χ0v) is 7.95. The Balaban J connectivity index is 1.97. The van der Waals surface area contributed by atoms with Crippen molar-refractivity contribution >= 4 is 5.97 Å². The van der Waals surface area contributed by atoms with E-state index in [-0.39, 0.29) is 5.97 Å². The first-order valence-electron chi connectivity index (χ1n) is 4.92. The molecule has 2 aliphatic rings. The van der Waals surface area contributed by atoms with Gasteiger partial charge in [0, 0.05) is 24.9 Å². The highest BCUT2D eigenvalue weighted by molar-refractivity contribution is 5.82.